The van der Waals surface area contributed by atoms with Gasteiger partial charge in [0, 0.05) is 12.6 Å². The minimum atomic E-state index is -0.302. The first-order valence-corrected chi connectivity index (χ1v) is 6.89. The van der Waals surface area contributed by atoms with Crippen LogP contribution in [0.15, 0.2) is 18.2 Å². The van der Waals surface area contributed by atoms with Gasteiger partial charge in [-0.05, 0) is 49.8 Å². The quantitative estimate of drug-likeness (QED) is 0.825. The Labute approximate surface area is 116 Å². The molecule has 0 amide bonds. The fraction of sp³-hybridized carbons (Fsp3) is 0.625. The zero-order valence-corrected chi connectivity index (χ0v) is 12.6. The van der Waals surface area contributed by atoms with E-state index in [0.29, 0.717) is 5.56 Å². The molecule has 0 radical (unpaired) electrons. The first-order chi connectivity index (χ1) is 8.71. The number of nitrogens with one attached hydrogen (secondary N) is 1. The van der Waals surface area contributed by atoms with E-state index in [1.165, 1.54) is 0 Å². The average Bonchev–Trinajstić information content (AvgIpc) is 2.28. The van der Waals surface area contributed by atoms with Crippen LogP contribution in [-0.2, 0) is 0 Å². The van der Waals surface area contributed by atoms with Crippen LogP contribution in [0.5, 0.6) is 0 Å². The number of rotatable bonds is 6. The highest BCUT2D eigenvalue weighted by atomic mass is 19.1. The highest BCUT2D eigenvalue weighted by molar-refractivity contribution is 5.25. The summed E-state index contributed by atoms with van der Waals surface area (Å²) >= 11 is 0. The van der Waals surface area contributed by atoms with Gasteiger partial charge >= 0.3 is 0 Å². The molecule has 3 heteroatoms. The van der Waals surface area contributed by atoms with E-state index in [1.807, 2.05) is 19.1 Å². The van der Waals surface area contributed by atoms with Crippen LogP contribution in [0.3, 0.4) is 0 Å². The van der Waals surface area contributed by atoms with E-state index in [0.717, 1.165) is 18.5 Å². The summed E-state index contributed by atoms with van der Waals surface area (Å²) in [6.45, 7) is 10.6. The maximum absolute atomic E-state index is 13.5. The van der Waals surface area contributed by atoms with Gasteiger partial charge in [0.15, 0.2) is 0 Å². The van der Waals surface area contributed by atoms with Crippen molar-refractivity contribution >= 4 is 0 Å². The monoisotopic (exact) mass is 267 g/mol. The van der Waals surface area contributed by atoms with Crippen molar-refractivity contribution in [3.05, 3.63) is 35.1 Å². The number of benzene rings is 1. The first-order valence-electron chi connectivity index (χ1n) is 6.89. The predicted molar refractivity (Wildman–Crippen MR) is 77.6 cm³/mol. The topological polar surface area (TPSA) is 32.3 Å². The molecule has 0 saturated heterocycles. The molecule has 2 unspecified atom stereocenters. The van der Waals surface area contributed by atoms with Crippen LogP contribution >= 0.6 is 0 Å². The third-order valence-corrected chi connectivity index (χ3v) is 3.43. The summed E-state index contributed by atoms with van der Waals surface area (Å²) < 4.78 is 13.5. The molecular formula is C16H26FNO. The zero-order chi connectivity index (χ0) is 14.6. The van der Waals surface area contributed by atoms with Crippen LogP contribution < -0.4 is 5.32 Å². The van der Waals surface area contributed by atoms with Crippen molar-refractivity contribution in [2.45, 2.75) is 53.2 Å². The molecule has 0 spiro atoms. The number of aliphatic hydroxyl groups is 1. The summed E-state index contributed by atoms with van der Waals surface area (Å²) in [6, 6.07) is 5.46. The van der Waals surface area contributed by atoms with Gasteiger partial charge in [-0.15, -0.1) is 0 Å². The van der Waals surface area contributed by atoms with Gasteiger partial charge in [-0.1, -0.05) is 26.0 Å². The van der Waals surface area contributed by atoms with Gasteiger partial charge in [0.2, 0.25) is 0 Å². The second kappa shape index (κ2) is 6.49. The van der Waals surface area contributed by atoms with Gasteiger partial charge in [-0.2, -0.15) is 0 Å². The van der Waals surface area contributed by atoms with Crippen LogP contribution in [0.1, 0.15) is 51.3 Å². The maximum Gasteiger partial charge on any atom is 0.126 e. The molecule has 2 atom stereocenters. The number of aliphatic hydroxyl groups excluding tert-OH is 1. The van der Waals surface area contributed by atoms with Gasteiger partial charge in [0.25, 0.3) is 0 Å². The van der Waals surface area contributed by atoms with Crippen molar-refractivity contribution in [2.24, 2.45) is 5.41 Å². The second-order valence-corrected chi connectivity index (χ2v) is 6.33. The van der Waals surface area contributed by atoms with Crippen LogP contribution in [0.2, 0.25) is 0 Å². The van der Waals surface area contributed by atoms with E-state index >= 15 is 0 Å². The van der Waals surface area contributed by atoms with Crippen molar-refractivity contribution in [1.82, 2.24) is 5.32 Å². The van der Waals surface area contributed by atoms with E-state index in [-0.39, 0.29) is 23.4 Å². The van der Waals surface area contributed by atoms with Gasteiger partial charge in [-0.3, -0.25) is 0 Å². The lowest BCUT2D eigenvalue weighted by Gasteiger charge is -2.28. The fourth-order valence-electron chi connectivity index (χ4n) is 2.30. The second-order valence-electron chi connectivity index (χ2n) is 6.33. The molecule has 1 aromatic carbocycles. The smallest absolute Gasteiger partial charge is 0.126 e. The number of hydrogen-bond donors (Lipinski definition) is 2. The molecule has 0 fully saturated rings. The third-order valence-electron chi connectivity index (χ3n) is 3.43. The molecule has 0 bridgehead atoms. The first kappa shape index (κ1) is 16.1. The molecule has 1 aromatic rings. The molecule has 0 aliphatic heterocycles. The van der Waals surface area contributed by atoms with E-state index in [9.17, 15) is 9.50 Å². The van der Waals surface area contributed by atoms with Crippen LogP contribution in [0.25, 0.3) is 0 Å². The minimum Gasteiger partial charge on any atom is -0.393 e. The molecule has 2 N–H and O–H groups in total. The SMILES string of the molecule is Cc1ccc(C(C)NCC(C)(C)CC(C)O)cc1F. The minimum absolute atomic E-state index is 0.0195. The third kappa shape index (κ3) is 5.29. The van der Waals surface area contributed by atoms with Gasteiger partial charge in [0.1, 0.15) is 5.82 Å². The molecule has 0 aliphatic rings. The van der Waals surface area contributed by atoms with Crippen molar-refractivity contribution in [2.75, 3.05) is 6.54 Å². The number of halogens is 1. The Balaban J connectivity index is 2.59. The van der Waals surface area contributed by atoms with Crippen molar-refractivity contribution in [1.29, 1.82) is 0 Å². The molecule has 2 nitrogen and oxygen atoms in total. The average molecular weight is 267 g/mol. The molecule has 0 saturated carbocycles. The molecular weight excluding hydrogens is 241 g/mol. The Morgan fingerprint density at radius 2 is 1.95 bits per heavy atom. The highest BCUT2D eigenvalue weighted by Crippen LogP contribution is 2.23. The molecule has 1 rings (SSSR count). The summed E-state index contributed by atoms with van der Waals surface area (Å²) in [4.78, 5) is 0. The Morgan fingerprint density at radius 3 is 2.47 bits per heavy atom. The standard InChI is InChI=1S/C16H26FNO/c1-11-6-7-14(8-15(11)17)13(3)18-10-16(4,5)9-12(2)19/h6-8,12-13,18-19H,9-10H2,1-5H3. The van der Waals surface area contributed by atoms with Crippen molar-refractivity contribution in [3.63, 3.8) is 0 Å². The molecule has 0 aliphatic carbocycles. The van der Waals surface area contributed by atoms with Gasteiger partial charge in [0.05, 0.1) is 6.10 Å². The maximum atomic E-state index is 13.5. The summed E-state index contributed by atoms with van der Waals surface area (Å²) in [7, 11) is 0. The lowest BCUT2D eigenvalue weighted by Crippen LogP contribution is -2.33. The Hall–Kier alpha value is -0.930. The van der Waals surface area contributed by atoms with E-state index < -0.39 is 0 Å². The largest absolute Gasteiger partial charge is 0.393 e. The molecule has 0 heterocycles. The van der Waals surface area contributed by atoms with E-state index in [4.69, 9.17) is 0 Å². The summed E-state index contributed by atoms with van der Waals surface area (Å²) in [5.74, 6) is -0.158. The fourth-order valence-corrected chi connectivity index (χ4v) is 2.30. The van der Waals surface area contributed by atoms with E-state index in [2.05, 4.69) is 19.2 Å². The van der Waals surface area contributed by atoms with Gasteiger partial charge in [-0.25, -0.2) is 4.39 Å². The Kier molecular flexibility index (Phi) is 5.50. The number of hydrogen-bond acceptors (Lipinski definition) is 2. The molecule has 19 heavy (non-hydrogen) atoms. The molecule has 108 valence electrons. The van der Waals surface area contributed by atoms with Crippen LogP contribution in [-0.4, -0.2) is 17.8 Å². The van der Waals surface area contributed by atoms with Gasteiger partial charge < -0.3 is 10.4 Å². The van der Waals surface area contributed by atoms with Crippen LogP contribution in [0, 0.1) is 18.2 Å². The summed E-state index contributed by atoms with van der Waals surface area (Å²) in [5.41, 5.74) is 1.65. The normalized spacial score (nSPS) is 15.3. The lowest BCUT2D eigenvalue weighted by molar-refractivity contribution is 0.127. The zero-order valence-electron chi connectivity index (χ0n) is 12.6. The van der Waals surface area contributed by atoms with Crippen molar-refractivity contribution in [3.8, 4) is 0 Å². The van der Waals surface area contributed by atoms with E-state index in [1.54, 1.807) is 19.9 Å². The highest BCUT2D eigenvalue weighted by Gasteiger charge is 2.21. The molecule has 0 aromatic heterocycles. The summed E-state index contributed by atoms with van der Waals surface area (Å²) in [5, 5.41) is 12.9. The number of aryl methyl sites for hydroxylation is 1. The lowest BCUT2D eigenvalue weighted by atomic mass is 9.86. The summed E-state index contributed by atoms with van der Waals surface area (Å²) in [6.07, 6.45) is 0.443. The van der Waals surface area contributed by atoms with Crippen molar-refractivity contribution < 1.29 is 9.50 Å². The Bertz CT molecular complexity index is 415. The Morgan fingerprint density at radius 1 is 1.32 bits per heavy atom. The van der Waals surface area contributed by atoms with Crippen LogP contribution in [0.4, 0.5) is 4.39 Å². The predicted octanol–water partition coefficient (Wildman–Crippen LogP) is 3.58.